The highest BCUT2D eigenvalue weighted by Crippen LogP contribution is 2.17. The summed E-state index contributed by atoms with van der Waals surface area (Å²) in [6, 6.07) is 7.83. The van der Waals surface area contributed by atoms with Crippen LogP contribution in [-0.4, -0.2) is 23.6 Å². The Morgan fingerprint density at radius 1 is 1.26 bits per heavy atom. The zero-order chi connectivity index (χ0) is 13.5. The molecule has 0 spiro atoms. The van der Waals surface area contributed by atoms with Crippen molar-refractivity contribution in [3.05, 3.63) is 29.8 Å². The molecule has 19 heavy (non-hydrogen) atoms. The number of hydrogen-bond donors (Lipinski definition) is 3. The van der Waals surface area contributed by atoms with Crippen LogP contribution in [0.3, 0.4) is 0 Å². The normalized spacial score (nSPS) is 16.1. The molecule has 0 heterocycles. The molecule has 1 amide bonds. The van der Waals surface area contributed by atoms with Crippen LogP contribution in [0, 0.1) is 0 Å². The Kier molecular flexibility index (Phi) is 5.21. The highest BCUT2D eigenvalue weighted by atomic mass is 16.3. The van der Waals surface area contributed by atoms with E-state index >= 15 is 0 Å². The van der Waals surface area contributed by atoms with Gasteiger partial charge in [0.05, 0.1) is 13.2 Å². The molecular weight excluding hydrogens is 240 g/mol. The second-order valence-corrected chi connectivity index (χ2v) is 5.11. The van der Waals surface area contributed by atoms with E-state index in [9.17, 15) is 4.79 Å². The number of anilines is 1. The summed E-state index contributed by atoms with van der Waals surface area (Å²) in [5, 5.41) is 15.2. The molecule has 1 aromatic rings. The molecule has 1 aromatic carbocycles. The van der Waals surface area contributed by atoms with Crippen molar-refractivity contribution < 1.29 is 9.90 Å². The largest absolute Gasteiger partial charge is 0.392 e. The third-order valence-corrected chi connectivity index (χ3v) is 3.53. The highest BCUT2D eigenvalue weighted by Gasteiger charge is 2.15. The number of carbonyl (C=O) groups is 1. The maximum atomic E-state index is 11.8. The number of benzene rings is 1. The van der Waals surface area contributed by atoms with Gasteiger partial charge in [-0.2, -0.15) is 0 Å². The van der Waals surface area contributed by atoms with Crippen LogP contribution in [-0.2, 0) is 11.4 Å². The predicted molar refractivity (Wildman–Crippen MR) is 75.9 cm³/mol. The monoisotopic (exact) mass is 262 g/mol. The van der Waals surface area contributed by atoms with Gasteiger partial charge in [-0.15, -0.1) is 0 Å². The number of nitrogens with one attached hydrogen (secondary N) is 2. The molecule has 0 radical (unpaired) electrons. The van der Waals surface area contributed by atoms with Crippen LogP contribution in [0.1, 0.15) is 37.7 Å². The van der Waals surface area contributed by atoms with Gasteiger partial charge in [-0.25, -0.2) is 0 Å². The van der Waals surface area contributed by atoms with Gasteiger partial charge in [0.2, 0.25) is 5.91 Å². The molecule has 0 aromatic heterocycles. The molecule has 0 unspecified atom stereocenters. The van der Waals surface area contributed by atoms with E-state index in [1.54, 1.807) is 0 Å². The Morgan fingerprint density at radius 2 is 2.05 bits per heavy atom. The number of rotatable bonds is 5. The van der Waals surface area contributed by atoms with Gasteiger partial charge in [0, 0.05) is 11.7 Å². The first kappa shape index (κ1) is 13.9. The van der Waals surface area contributed by atoms with Gasteiger partial charge in [-0.05, 0) is 30.5 Å². The van der Waals surface area contributed by atoms with Crippen molar-refractivity contribution in [2.24, 2.45) is 0 Å². The molecule has 1 fully saturated rings. The standard InChI is InChI=1S/C15H22N2O2/c18-11-12-5-4-8-14(9-12)16-10-15(19)17-13-6-2-1-3-7-13/h4-5,8-9,13,16,18H,1-3,6-7,10-11H2,(H,17,19). The topological polar surface area (TPSA) is 61.4 Å². The first-order chi connectivity index (χ1) is 9.28. The summed E-state index contributed by atoms with van der Waals surface area (Å²) in [4.78, 5) is 11.8. The van der Waals surface area contributed by atoms with Gasteiger partial charge in [-0.1, -0.05) is 31.4 Å². The molecule has 1 saturated carbocycles. The summed E-state index contributed by atoms with van der Waals surface area (Å²) in [5.41, 5.74) is 1.71. The summed E-state index contributed by atoms with van der Waals surface area (Å²) in [6.07, 6.45) is 5.93. The highest BCUT2D eigenvalue weighted by molar-refractivity contribution is 5.81. The van der Waals surface area contributed by atoms with Crippen LogP contribution in [0.25, 0.3) is 0 Å². The average molecular weight is 262 g/mol. The Balaban J connectivity index is 1.76. The van der Waals surface area contributed by atoms with Crippen molar-refractivity contribution in [3.8, 4) is 0 Å². The molecule has 0 saturated heterocycles. The molecule has 3 N–H and O–H groups in total. The lowest BCUT2D eigenvalue weighted by molar-refractivity contribution is -0.120. The first-order valence-electron chi connectivity index (χ1n) is 7.01. The Hall–Kier alpha value is -1.55. The lowest BCUT2D eigenvalue weighted by Crippen LogP contribution is -2.39. The maximum Gasteiger partial charge on any atom is 0.239 e. The lowest BCUT2D eigenvalue weighted by Gasteiger charge is -2.22. The second-order valence-electron chi connectivity index (χ2n) is 5.11. The van der Waals surface area contributed by atoms with E-state index in [1.807, 2.05) is 24.3 Å². The van der Waals surface area contributed by atoms with Gasteiger partial charge in [0.25, 0.3) is 0 Å². The van der Waals surface area contributed by atoms with E-state index in [-0.39, 0.29) is 19.1 Å². The molecule has 1 aliphatic rings. The number of carbonyl (C=O) groups excluding carboxylic acids is 1. The number of aliphatic hydroxyl groups is 1. The summed E-state index contributed by atoms with van der Waals surface area (Å²) in [7, 11) is 0. The third kappa shape index (κ3) is 4.56. The second kappa shape index (κ2) is 7.14. The molecule has 1 aliphatic carbocycles. The van der Waals surface area contributed by atoms with Crippen LogP contribution >= 0.6 is 0 Å². The fourth-order valence-electron chi connectivity index (χ4n) is 2.49. The van der Waals surface area contributed by atoms with Gasteiger partial charge in [0.15, 0.2) is 0 Å². The van der Waals surface area contributed by atoms with Crippen LogP contribution in [0.2, 0.25) is 0 Å². The van der Waals surface area contributed by atoms with Crippen LogP contribution < -0.4 is 10.6 Å². The van der Waals surface area contributed by atoms with Crippen molar-refractivity contribution in [1.82, 2.24) is 5.32 Å². The quantitative estimate of drug-likeness (QED) is 0.761. The summed E-state index contributed by atoms with van der Waals surface area (Å²) < 4.78 is 0. The van der Waals surface area contributed by atoms with Crippen molar-refractivity contribution >= 4 is 11.6 Å². The van der Waals surface area contributed by atoms with Crippen LogP contribution in [0.4, 0.5) is 5.69 Å². The van der Waals surface area contributed by atoms with Crippen molar-refractivity contribution in [2.45, 2.75) is 44.8 Å². The molecule has 4 heteroatoms. The summed E-state index contributed by atoms with van der Waals surface area (Å²) >= 11 is 0. The molecule has 0 aliphatic heterocycles. The number of hydrogen-bond acceptors (Lipinski definition) is 3. The van der Waals surface area contributed by atoms with Gasteiger partial charge < -0.3 is 15.7 Å². The number of aliphatic hydroxyl groups excluding tert-OH is 1. The zero-order valence-electron chi connectivity index (χ0n) is 11.2. The van der Waals surface area contributed by atoms with Crippen LogP contribution in [0.15, 0.2) is 24.3 Å². The minimum absolute atomic E-state index is 0.0176. The number of amides is 1. The molecule has 2 rings (SSSR count). The van der Waals surface area contributed by atoms with Gasteiger partial charge >= 0.3 is 0 Å². The fourth-order valence-corrected chi connectivity index (χ4v) is 2.49. The predicted octanol–water partition coefficient (Wildman–Crippen LogP) is 2.04. The molecular formula is C15H22N2O2. The Morgan fingerprint density at radius 3 is 2.79 bits per heavy atom. The fraction of sp³-hybridized carbons (Fsp3) is 0.533. The molecule has 104 valence electrons. The zero-order valence-corrected chi connectivity index (χ0v) is 11.2. The third-order valence-electron chi connectivity index (χ3n) is 3.53. The summed E-state index contributed by atoms with van der Waals surface area (Å²) in [5.74, 6) is 0.0429. The minimum atomic E-state index is 0.0176. The van der Waals surface area contributed by atoms with E-state index < -0.39 is 0 Å². The average Bonchev–Trinajstić information content (AvgIpc) is 2.46. The van der Waals surface area contributed by atoms with E-state index in [4.69, 9.17) is 5.11 Å². The van der Waals surface area contributed by atoms with Gasteiger partial charge in [-0.3, -0.25) is 4.79 Å². The Bertz CT molecular complexity index is 414. The van der Waals surface area contributed by atoms with Crippen molar-refractivity contribution in [2.75, 3.05) is 11.9 Å². The van der Waals surface area contributed by atoms with Crippen molar-refractivity contribution in [3.63, 3.8) is 0 Å². The molecule has 4 nitrogen and oxygen atoms in total. The van der Waals surface area contributed by atoms with E-state index in [0.29, 0.717) is 6.04 Å². The smallest absolute Gasteiger partial charge is 0.239 e. The first-order valence-corrected chi connectivity index (χ1v) is 7.01. The molecule has 0 bridgehead atoms. The van der Waals surface area contributed by atoms with E-state index in [2.05, 4.69) is 10.6 Å². The lowest BCUT2D eigenvalue weighted by atomic mass is 9.95. The SMILES string of the molecule is O=C(CNc1cccc(CO)c1)NC1CCCCC1. The van der Waals surface area contributed by atoms with E-state index in [0.717, 1.165) is 24.1 Å². The van der Waals surface area contributed by atoms with Crippen LogP contribution in [0.5, 0.6) is 0 Å². The molecule has 0 atom stereocenters. The maximum absolute atomic E-state index is 11.8. The van der Waals surface area contributed by atoms with E-state index in [1.165, 1.54) is 19.3 Å². The minimum Gasteiger partial charge on any atom is -0.392 e. The Labute approximate surface area is 114 Å². The summed E-state index contributed by atoms with van der Waals surface area (Å²) in [6.45, 7) is 0.301. The van der Waals surface area contributed by atoms with Crippen molar-refractivity contribution in [1.29, 1.82) is 0 Å². The van der Waals surface area contributed by atoms with Gasteiger partial charge in [0.1, 0.15) is 0 Å².